The SMILES string of the molecule is O=C1C=CC2CN(C(=O)Cc3nnc(-c4cnc(NC5Cc6ccccc6C5)nc4)o3)CCC2N1. The first-order chi connectivity index (χ1) is 17.1. The molecule has 3 aromatic rings. The second kappa shape index (κ2) is 8.94. The second-order valence-corrected chi connectivity index (χ2v) is 9.26. The predicted octanol–water partition coefficient (Wildman–Crippen LogP) is 1.55. The summed E-state index contributed by atoms with van der Waals surface area (Å²) < 4.78 is 5.73. The highest BCUT2D eigenvalue weighted by atomic mass is 16.4. The van der Waals surface area contributed by atoms with E-state index in [4.69, 9.17) is 4.42 Å². The van der Waals surface area contributed by atoms with E-state index in [9.17, 15) is 9.59 Å². The number of likely N-dealkylation sites (tertiary alicyclic amines) is 1. The summed E-state index contributed by atoms with van der Waals surface area (Å²) in [4.78, 5) is 34.9. The van der Waals surface area contributed by atoms with Crippen LogP contribution in [0.3, 0.4) is 0 Å². The van der Waals surface area contributed by atoms with Crippen LogP contribution in [0.25, 0.3) is 11.5 Å². The van der Waals surface area contributed by atoms with Crippen molar-refractivity contribution in [3.05, 3.63) is 65.8 Å². The summed E-state index contributed by atoms with van der Waals surface area (Å²) in [6.07, 6.45) is 9.37. The Morgan fingerprint density at radius 2 is 1.91 bits per heavy atom. The molecule has 4 heterocycles. The van der Waals surface area contributed by atoms with E-state index in [1.807, 2.05) is 6.08 Å². The van der Waals surface area contributed by atoms with Crippen LogP contribution in [0.5, 0.6) is 0 Å². The Morgan fingerprint density at radius 1 is 1.14 bits per heavy atom. The van der Waals surface area contributed by atoms with Crippen molar-refractivity contribution in [2.75, 3.05) is 18.4 Å². The summed E-state index contributed by atoms with van der Waals surface area (Å²) in [6.45, 7) is 1.15. The highest BCUT2D eigenvalue weighted by Gasteiger charge is 2.33. The molecule has 1 fully saturated rings. The summed E-state index contributed by atoms with van der Waals surface area (Å²) in [6, 6.07) is 8.81. The van der Waals surface area contributed by atoms with E-state index in [1.165, 1.54) is 17.2 Å². The molecule has 0 spiro atoms. The summed E-state index contributed by atoms with van der Waals surface area (Å²) in [5.41, 5.74) is 3.32. The second-order valence-electron chi connectivity index (χ2n) is 9.26. The molecule has 1 aliphatic carbocycles. The normalized spacial score (nSPS) is 21.4. The molecular weight excluding hydrogens is 446 g/mol. The van der Waals surface area contributed by atoms with E-state index >= 15 is 0 Å². The lowest BCUT2D eigenvalue weighted by atomic mass is 9.89. The molecule has 0 bridgehead atoms. The predicted molar refractivity (Wildman–Crippen MR) is 126 cm³/mol. The third kappa shape index (κ3) is 4.51. The maximum absolute atomic E-state index is 12.8. The number of nitrogens with one attached hydrogen (secondary N) is 2. The zero-order chi connectivity index (χ0) is 23.8. The van der Waals surface area contributed by atoms with Crippen molar-refractivity contribution in [2.24, 2.45) is 5.92 Å². The first-order valence-corrected chi connectivity index (χ1v) is 11.9. The Labute approximate surface area is 201 Å². The maximum Gasteiger partial charge on any atom is 0.250 e. The van der Waals surface area contributed by atoms with Gasteiger partial charge >= 0.3 is 0 Å². The first kappa shape index (κ1) is 21.5. The Morgan fingerprint density at radius 3 is 2.69 bits per heavy atom. The minimum atomic E-state index is -0.0719. The van der Waals surface area contributed by atoms with Gasteiger partial charge in [0.25, 0.3) is 5.89 Å². The number of fused-ring (bicyclic) bond motifs is 2. The van der Waals surface area contributed by atoms with Crippen molar-refractivity contribution in [1.29, 1.82) is 0 Å². The number of hydrogen-bond donors (Lipinski definition) is 2. The minimum absolute atomic E-state index is 0.0309. The molecule has 2 N–H and O–H groups in total. The topological polar surface area (TPSA) is 126 Å². The Hall–Kier alpha value is -4.08. The van der Waals surface area contributed by atoms with E-state index < -0.39 is 0 Å². The number of carbonyl (C=O) groups is 2. The fourth-order valence-corrected chi connectivity index (χ4v) is 5.06. The van der Waals surface area contributed by atoms with Crippen LogP contribution in [-0.2, 0) is 28.9 Å². The molecule has 2 unspecified atom stereocenters. The van der Waals surface area contributed by atoms with Gasteiger partial charge in [-0.15, -0.1) is 10.2 Å². The van der Waals surface area contributed by atoms with Gasteiger partial charge in [0, 0.05) is 43.5 Å². The number of rotatable bonds is 5. The maximum atomic E-state index is 12.8. The summed E-state index contributed by atoms with van der Waals surface area (Å²) >= 11 is 0. The van der Waals surface area contributed by atoms with Crippen LogP contribution in [-0.4, -0.2) is 62.1 Å². The van der Waals surface area contributed by atoms with E-state index in [1.54, 1.807) is 17.3 Å². The molecule has 0 saturated carbocycles. The number of piperidine rings is 1. The van der Waals surface area contributed by atoms with E-state index in [0.717, 1.165) is 19.3 Å². The molecule has 2 atom stereocenters. The lowest BCUT2D eigenvalue weighted by Crippen LogP contribution is -2.53. The molecule has 2 aliphatic heterocycles. The third-order valence-electron chi connectivity index (χ3n) is 6.89. The molecule has 0 radical (unpaired) electrons. The van der Waals surface area contributed by atoms with Crippen molar-refractivity contribution in [3.63, 3.8) is 0 Å². The molecule has 1 aromatic carbocycles. The number of hydrogen-bond acceptors (Lipinski definition) is 8. The average molecular weight is 472 g/mol. The van der Waals surface area contributed by atoms with Crippen LogP contribution in [0.2, 0.25) is 0 Å². The van der Waals surface area contributed by atoms with Crippen LogP contribution < -0.4 is 10.6 Å². The zero-order valence-electron chi connectivity index (χ0n) is 19.1. The van der Waals surface area contributed by atoms with Gasteiger partial charge in [0.05, 0.1) is 5.56 Å². The highest BCUT2D eigenvalue weighted by Crippen LogP contribution is 2.25. The summed E-state index contributed by atoms with van der Waals surface area (Å²) in [5.74, 6) is 1.08. The molecule has 10 heteroatoms. The largest absolute Gasteiger partial charge is 0.420 e. The van der Waals surface area contributed by atoms with Gasteiger partial charge in [-0.2, -0.15) is 0 Å². The molecule has 6 rings (SSSR count). The van der Waals surface area contributed by atoms with Crippen molar-refractivity contribution in [2.45, 2.75) is 37.8 Å². The molecule has 10 nitrogen and oxygen atoms in total. The van der Waals surface area contributed by atoms with Gasteiger partial charge in [0.1, 0.15) is 6.42 Å². The van der Waals surface area contributed by atoms with Crippen LogP contribution >= 0.6 is 0 Å². The van der Waals surface area contributed by atoms with Crippen molar-refractivity contribution < 1.29 is 14.0 Å². The molecule has 35 heavy (non-hydrogen) atoms. The smallest absolute Gasteiger partial charge is 0.250 e. The standard InChI is InChI=1S/C25H25N7O3/c33-21-6-5-17-14-32(8-7-20(17)29-21)23(34)11-22-30-31-24(35-22)18-12-26-25(27-13-18)28-19-9-15-3-1-2-4-16(15)10-19/h1-6,12-13,17,19-20H,7-11,14H2,(H,29,33)(H,26,27,28). The Balaban J connectivity index is 1.05. The molecule has 178 valence electrons. The lowest BCUT2D eigenvalue weighted by molar-refractivity contribution is -0.132. The number of benzene rings is 1. The van der Waals surface area contributed by atoms with Crippen LogP contribution in [0, 0.1) is 5.92 Å². The molecule has 2 amide bonds. The first-order valence-electron chi connectivity index (χ1n) is 11.9. The van der Waals surface area contributed by atoms with E-state index in [0.29, 0.717) is 24.6 Å². The van der Waals surface area contributed by atoms with E-state index in [2.05, 4.69) is 55.1 Å². The van der Waals surface area contributed by atoms with Gasteiger partial charge in [0.2, 0.25) is 23.7 Å². The molecule has 2 aromatic heterocycles. The zero-order valence-corrected chi connectivity index (χ0v) is 19.1. The lowest BCUT2D eigenvalue weighted by Gasteiger charge is -2.39. The van der Waals surface area contributed by atoms with Crippen molar-refractivity contribution in [3.8, 4) is 11.5 Å². The molecule has 1 saturated heterocycles. The average Bonchev–Trinajstić information content (AvgIpc) is 3.50. The fraction of sp³-hybridized carbons (Fsp3) is 0.360. The Bertz CT molecular complexity index is 1260. The summed E-state index contributed by atoms with van der Waals surface area (Å²) in [7, 11) is 0. The summed E-state index contributed by atoms with van der Waals surface area (Å²) in [5, 5.41) is 14.5. The molecular formula is C25H25N7O3. The Kier molecular flexibility index (Phi) is 5.48. The highest BCUT2D eigenvalue weighted by molar-refractivity contribution is 5.89. The van der Waals surface area contributed by atoms with Gasteiger partial charge in [-0.1, -0.05) is 30.3 Å². The number of aromatic nitrogens is 4. The number of nitrogens with zero attached hydrogens (tertiary/aromatic N) is 5. The van der Waals surface area contributed by atoms with Crippen molar-refractivity contribution >= 4 is 17.8 Å². The van der Waals surface area contributed by atoms with Crippen LogP contribution in [0.15, 0.2) is 53.2 Å². The van der Waals surface area contributed by atoms with Crippen LogP contribution in [0.4, 0.5) is 5.95 Å². The van der Waals surface area contributed by atoms with Gasteiger partial charge in [-0.05, 0) is 36.5 Å². The minimum Gasteiger partial charge on any atom is -0.420 e. The fourth-order valence-electron chi connectivity index (χ4n) is 5.06. The third-order valence-corrected chi connectivity index (χ3v) is 6.89. The molecule has 3 aliphatic rings. The quantitative estimate of drug-likeness (QED) is 0.574. The monoisotopic (exact) mass is 471 g/mol. The van der Waals surface area contributed by atoms with Gasteiger partial charge in [-0.3, -0.25) is 9.59 Å². The number of carbonyl (C=O) groups excluding carboxylic acids is 2. The van der Waals surface area contributed by atoms with E-state index in [-0.39, 0.29) is 48.0 Å². The number of anilines is 1. The van der Waals surface area contributed by atoms with Gasteiger partial charge in [-0.25, -0.2) is 9.97 Å². The van der Waals surface area contributed by atoms with Gasteiger partial charge in [0.15, 0.2) is 0 Å². The van der Waals surface area contributed by atoms with Crippen molar-refractivity contribution in [1.82, 2.24) is 30.4 Å². The number of amides is 2. The van der Waals surface area contributed by atoms with Crippen LogP contribution in [0.1, 0.15) is 23.4 Å². The van der Waals surface area contributed by atoms with Gasteiger partial charge < -0.3 is 20.0 Å².